The molecule has 0 aliphatic carbocycles. The van der Waals surface area contributed by atoms with Crippen LogP contribution in [0.25, 0.3) is 11.3 Å². The van der Waals surface area contributed by atoms with E-state index in [4.69, 9.17) is 0 Å². The first-order chi connectivity index (χ1) is 14.0. The van der Waals surface area contributed by atoms with Gasteiger partial charge in [-0.15, -0.1) is 0 Å². The molecule has 0 unspecified atom stereocenters. The lowest BCUT2D eigenvalue weighted by Gasteiger charge is -2.21. The molecule has 3 rings (SSSR count). The van der Waals surface area contributed by atoms with Crippen LogP contribution in [0.15, 0.2) is 48.8 Å². The van der Waals surface area contributed by atoms with Crippen molar-refractivity contribution in [2.45, 2.75) is 40.2 Å². The molecule has 2 aromatic heterocycles. The van der Waals surface area contributed by atoms with Gasteiger partial charge in [0.05, 0.1) is 18.3 Å². The van der Waals surface area contributed by atoms with E-state index in [2.05, 4.69) is 71.5 Å². The monoisotopic (exact) mass is 391 g/mol. The first kappa shape index (κ1) is 20.7. The summed E-state index contributed by atoms with van der Waals surface area (Å²) in [6.07, 6.45) is 4.45. The fourth-order valence-electron chi connectivity index (χ4n) is 3.16. The normalized spacial score (nSPS) is 12.1. The number of nitrogens with zero attached hydrogens (tertiary/aromatic N) is 3. The summed E-state index contributed by atoms with van der Waals surface area (Å²) in [5.41, 5.74) is 5.14. The molecule has 6 heteroatoms. The van der Waals surface area contributed by atoms with Crippen molar-refractivity contribution in [3.63, 3.8) is 0 Å². The number of benzene rings is 1. The molecule has 0 radical (unpaired) electrons. The molecule has 3 N–H and O–H groups in total. The molecule has 1 atom stereocenters. The minimum absolute atomic E-state index is 0.0126. The Kier molecular flexibility index (Phi) is 6.77. The molecule has 0 aliphatic heterocycles. The highest BCUT2D eigenvalue weighted by Gasteiger charge is 2.16. The molecular formula is C23H29N5O. The lowest BCUT2D eigenvalue weighted by atomic mass is 10.1. The molecule has 6 nitrogen and oxygen atoms in total. The van der Waals surface area contributed by atoms with Crippen LogP contribution < -0.4 is 10.6 Å². The topological polar surface area (TPSA) is 83.0 Å². The van der Waals surface area contributed by atoms with Gasteiger partial charge < -0.3 is 15.7 Å². The predicted octanol–water partition coefficient (Wildman–Crippen LogP) is 4.58. The van der Waals surface area contributed by atoms with E-state index in [1.54, 1.807) is 12.4 Å². The first-order valence-corrected chi connectivity index (χ1v) is 10.0. The minimum Gasteiger partial charge on any atom is -0.394 e. The highest BCUT2D eigenvalue weighted by Crippen LogP contribution is 2.28. The van der Waals surface area contributed by atoms with E-state index >= 15 is 0 Å². The second-order valence-electron chi connectivity index (χ2n) is 7.47. The quantitative estimate of drug-likeness (QED) is 0.521. The van der Waals surface area contributed by atoms with Crippen molar-refractivity contribution in [3.8, 4) is 11.3 Å². The van der Waals surface area contributed by atoms with Crippen LogP contribution in [0.4, 0.5) is 17.5 Å². The molecule has 0 spiro atoms. The number of anilines is 3. The van der Waals surface area contributed by atoms with E-state index in [9.17, 15) is 5.11 Å². The molecular weight excluding hydrogens is 362 g/mol. The number of nitrogens with one attached hydrogen (secondary N) is 2. The van der Waals surface area contributed by atoms with Crippen molar-refractivity contribution >= 4 is 17.5 Å². The van der Waals surface area contributed by atoms with Gasteiger partial charge in [-0.25, -0.2) is 4.98 Å². The Morgan fingerprint density at radius 3 is 2.59 bits per heavy atom. The van der Waals surface area contributed by atoms with Gasteiger partial charge in [0.15, 0.2) is 0 Å². The molecule has 0 aliphatic rings. The highest BCUT2D eigenvalue weighted by atomic mass is 16.3. The van der Waals surface area contributed by atoms with Gasteiger partial charge in [-0.1, -0.05) is 39.0 Å². The number of para-hydroxylation sites is 1. The number of hydrogen-bond donors (Lipinski definition) is 3. The Hall–Kier alpha value is -2.99. The number of pyridine rings is 1. The third-order valence-corrected chi connectivity index (χ3v) is 4.99. The third-order valence-electron chi connectivity index (χ3n) is 4.99. The van der Waals surface area contributed by atoms with E-state index in [1.165, 1.54) is 5.56 Å². The van der Waals surface area contributed by atoms with Gasteiger partial charge >= 0.3 is 0 Å². The summed E-state index contributed by atoms with van der Waals surface area (Å²) in [6, 6.07) is 11.9. The summed E-state index contributed by atoms with van der Waals surface area (Å²) >= 11 is 0. The van der Waals surface area contributed by atoms with Crippen LogP contribution in [-0.4, -0.2) is 32.7 Å². The van der Waals surface area contributed by atoms with Crippen LogP contribution in [0.1, 0.15) is 31.9 Å². The van der Waals surface area contributed by atoms with Crippen molar-refractivity contribution < 1.29 is 5.11 Å². The maximum Gasteiger partial charge on any atom is 0.225 e. The summed E-state index contributed by atoms with van der Waals surface area (Å²) in [5, 5.41) is 16.5. The van der Waals surface area contributed by atoms with Crippen LogP contribution in [-0.2, 0) is 6.42 Å². The molecule has 2 heterocycles. The molecule has 0 saturated carbocycles. The summed E-state index contributed by atoms with van der Waals surface area (Å²) in [6.45, 7) is 8.35. The highest BCUT2D eigenvalue weighted by molar-refractivity contribution is 5.70. The van der Waals surface area contributed by atoms with Crippen molar-refractivity contribution in [3.05, 3.63) is 59.9 Å². The number of rotatable bonds is 8. The lowest BCUT2D eigenvalue weighted by molar-refractivity contribution is 0.248. The lowest BCUT2D eigenvalue weighted by Crippen LogP contribution is -2.30. The Morgan fingerprint density at radius 2 is 1.93 bits per heavy atom. The molecule has 1 aromatic carbocycles. The number of aromatic nitrogens is 3. The van der Waals surface area contributed by atoms with Gasteiger partial charge in [-0.3, -0.25) is 4.98 Å². The van der Waals surface area contributed by atoms with E-state index in [0.717, 1.165) is 28.9 Å². The van der Waals surface area contributed by atoms with E-state index < -0.39 is 0 Å². The molecule has 0 saturated heterocycles. The van der Waals surface area contributed by atoms with E-state index in [1.807, 2.05) is 18.2 Å². The smallest absolute Gasteiger partial charge is 0.225 e. The van der Waals surface area contributed by atoms with Gasteiger partial charge in [0, 0.05) is 29.7 Å². The standard InChI is InChI=1S/C23H29N5O/c1-5-17-9-6-8-16(4)22(17)27-21-12-19(18-10-7-11-24-13-18)25-23(28-21)26-20(14-29)15(2)3/h6-13,15,20,29H,5,14H2,1-4H3,(H2,25,26,27,28)/t20-/m0/s1. The van der Waals surface area contributed by atoms with Crippen molar-refractivity contribution in [1.82, 2.24) is 15.0 Å². The van der Waals surface area contributed by atoms with Gasteiger partial charge in [-0.2, -0.15) is 4.98 Å². The van der Waals surface area contributed by atoms with Crippen LogP contribution in [0.5, 0.6) is 0 Å². The fourth-order valence-corrected chi connectivity index (χ4v) is 3.16. The molecule has 0 amide bonds. The Balaban J connectivity index is 2.03. The maximum absolute atomic E-state index is 9.71. The van der Waals surface area contributed by atoms with Crippen LogP contribution in [0.3, 0.4) is 0 Å². The van der Waals surface area contributed by atoms with E-state index in [0.29, 0.717) is 11.8 Å². The second kappa shape index (κ2) is 9.47. The van der Waals surface area contributed by atoms with Gasteiger partial charge in [0.25, 0.3) is 0 Å². The molecule has 0 bridgehead atoms. The molecule has 0 fully saturated rings. The minimum atomic E-state index is -0.128. The van der Waals surface area contributed by atoms with Crippen LogP contribution >= 0.6 is 0 Å². The Morgan fingerprint density at radius 1 is 1.10 bits per heavy atom. The zero-order valence-corrected chi connectivity index (χ0v) is 17.5. The zero-order chi connectivity index (χ0) is 20.8. The first-order valence-electron chi connectivity index (χ1n) is 10.0. The third kappa shape index (κ3) is 5.09. The van der Waals surface area contributed by atoms with Crippen LogP contribution in [0, 0.1) is 12.8 Å². The van der Waals surface area contributed by atoms with Gasteiger partial charge in [0.1, 0.15) is 5.82 Å². The van der Waals surface area contributed by atoms with Crippen LogP contribution in [0.2, 0.25) is 0 Å². The molecule has 152 valence electrons. The van der Waals surface area contributed by atoms with Crippen molar-refractivity contribution in [2.24, 2.45) is 5.92 Å². The molecule has 29 heavy (non-hydrogen) atoms. The number of aliphatic hydroxyl groups is 1. The average Bonchev–Trinajstić information content (AvgIpc) is 2.73. The van der Waals surface area contributed by atoms with E-state index in [-0.39, 0.29) is 18.6 Å². The van der Waals surface area contributed by atoms with Gasteiger partial charge in [0.2, 0.25) is 5.95 Å². The zero-order valence-electron chi connectivity index (χ0n) is 17.5. The average molecular weight is 392 g/mol. The largest absolute Gasteiger partial charge is 0.394 e. The number of hydrogen-bond acceptors (Lipinski definition) is 6. The fraction of sp³-hybridized carbons (Fsp3) is 0.348. The number of aryl methyl sites for hydroxylation is 2. The Bertz CT molecular complexity index is 943. The van der Waals surface area contributed by atoms with Gasteiger partial charge in [-0.05, 0) is 42.5 Å². The SMILES string of the molecule is CCc1cccc(C)c1Nc1cc(-c2cccnc2)nc(N[C@@H](CO)C(C)C)n1. The number of aliphatic hydroxyl groups excluding tert-OH is 1. The maximum atomic E-state index is 9.71. The predicted molar refractivity (Wildman–Crippen MR) is 118 cm³/mol. The Labute approximate surface area is 172 Å². The second-order valence-corrected chi connectivity index (χ2v) is 7.47. The van der Waals surface area contributed by atoms with Crippen molar-refractivity contribution in [2.75, 3.05) is 17.2 Å². The summed E-state index contributed by atoms with van der Waals surface area (Å²) in [4.78, 5) is 13.6. The summed E-state index contributed by atoms with van der Waals surface area (Å²) in [7, 11) is 0. The summed E-state index contributed by atoms with van der Waals surface area (Å²) in [5.74, 6) is 1.42. The van der Waals surface area contributed by atoms with Crippen molar-refractivity contribution in [1.29, 1.82) is 0 Å². The molecule has 3 aromatic rings. The summed E-state index contributed by atoms with van der Waals surface area (Å²) < 4.78 is 0.